The Morgan fingerprint density at radius 3 is 3.08 bits per heavy atom. The van der Waals surface area contributed by atoms with E-state index >= 15 is 0 Å². The van der Waals surface area contributed by atoms with Crippen LogP contribution >= 0.6 is 0 Å². The third-order valence-electron chi connectivity index (χ3n) is 2.12. The minimum absolute atomic E-state index is 0.0704. The average Bonchev–Trinajstić information content (AvgIpc) is 2.26. The first-order chi connectivity index (χ1) is 6.18. The molecule has 0 radical (unpaired) electrons. The highest BCUT2D eigenvalue weighted by atomic mass is 16.2. The molecule has 1 saturated heterocycles. The van der Waals surface area contributed by atoms with E-state index in [0.29, 0.717) is 19.5 Å². The molecule has 74 valence electrons. The highest BCUT2D eigenvalue weighted by Gasteiger charge is 2.13. The average molecular weight is 184 g/mol. The SMILES string of the molecule is CC(=O)CCN1CCCNC(=O)C1. The van der Waals surface area contributed by atoms with Gasteiger partial charge in [-0.15, -0.1) is 0 Å². The van der Waals surface area contributed by atoms with Crippen LogP contribution in [-0.2, 0) is 9.59 Å². The predicted molar refractivity (Wildman–Crippen MR) is 49.4 cm³/mol. The van der Waals surface area contributed by atoms with E-state index in [2.05, 4.69) is 5.32 Å². The molecule has 0 atom stereocenters. The number of Topliss-reactive ketones (excluding diaryl/α,β-unsaturated/α-hetero) is 1. The van der Waals surface area contributed by atoms with Crippen molar-refractivity contribution >= 4 is 11.7 Å². The fourth-order valence-electron chi connectivity index (χ4n) is 1.37. The quantitative estimate of drug-likeness (QED) is 0.660. The van der Waals surface area contributed by atoms with Gasteiger partial charge in [0.25, 0.3) is 0 Å². The number of hydrogen-bond acceptors (Lipinski definition) is 3. The smallest absolute Gasteiger partial charge is 0.234 e. The van der Waals surface area contributed by atoms with Crippen molar-refractivity contribution in [1.82, 2.24) is 10.2 Å². The van der Waals surface area contributed by atoms with Crippen LogP contribution in [0, 0.1) is 0 Å². The third-order valence-corrected chi connectivity index (χ3v) is 2.12. The Balaban J connectivity index is 2.30. The monoisotopic (exact) mass is 184 g/mol. The number of nitrogens with zero attached hydrogens (tertiary/aromatic N) is 1. The Kier molecular flexibility index (Phi) is 3.89. The Morgan fingerprint density at radius 2 is 2.38 bits per heavy atom. The van der Waals surface area contributed by atoms with Crippen molar-refractivity contribution in [2.24, 2.45) is 0 Å². The van der Waals surface area contributed by atoms with Gasteiger partial charge in [0.05, 0.1) is 6.54 Å². The van der Waals surface area contributed by atoms with Crippen molar-refractivity contribution < 1.29 is 9.59 Å². The summed E-state index contributed by atoms with van der Waals surface area (Å²) in [5.74, 6) is 0.255. The van der Waals surface area contributed by atoms with E-state index in [9.17, 15) is 9.59 Å². The zero-order chi connectivity index (χ0) is 9.68. The molecule has 13 heavy (non-hydrogen) atoms. The number of ketones is 1. The lowest BCUT2D eigenvalue weighted by molar-refractivity contribution is -0.122. The van der Waals surface area contributed by atoms with Gasteiger partial charge in [-0.3, -0.25) is 14.5 Å². The summed E-state index contributed by atoms with van der Waals surface area (Å²) in [6.07, 6.45) is 1.52. The van der Waals surface area contributed by atoms with Crippen LogP contribution in [0.5, 0.6) is 0 Å². The first-order valence-corrected chi connectivity index (χ1v) is 4.67. The molecule has 1 aliphatic rings. The summed E-state index contributed by atoms with van der Waals surface area (Å²) >= 11 is 0. The van der Waals surface area contributed by atoms with Gasteiger partial charge in [0, 0.05) is 26.1 Å². The van der Waals surface area contributed by atoms with Gasteiger partial charge in [-0.25, -0.2) is 0 Å². The maximum atomic E-state index is 11.1. The Morgan fingerprint density at radius 1 is 1.62 bits per heavy atom. The fraction of sp³-hybridized carbons (Fsp3) is 0.778. The molecule has 1 heterocycles. The van der Waals surface area contributed by atoms with Gasteiger partial charge >= 0.3 is 0 Å². The molecule has 1 fully saturated rings. The van der Waals surface area contributed by atoms with Crippen molar-refractivity contribution in [3.63, 3.8) is 0 Å². The lowest BCUT2D eigenvalue weighted by Gasteiger charge is -2.16. The van der Waals surface area contributed by atoms with Gasteiger partial charge in [-0.2, -0.15) is 0 Å². The van der Waals surface area contributed by atoms with Gasteiger partial charge in [0.15, 0.2) is 0 Å². The molecular weight excluding hydrogens is 168 g/mol. The van der Waals surface area contributed by atoms with Gasteiger partial charge in [-0.1, -0.05) is 0 Å². The molecule has 0 aliphatic carbocycles. The number of nitrogens with one attached hydrogen (secondary N) is 1. The summed E-state index contributed by atoms with van der Waals surface area (Å²) < 4.78 is 0. The van der Waals surface area contributed by atoms with Crippen LogP contribution in [0.1, 0.15) is 19.8 Å². The van der Waals surface area contributed by atoms with Crippen molar-refractivity contribution in [2.75, 3.05) is 26.2 Å². The normalized spacial score (nSPS) is 19.3. The Bertz CT molecular complexity index is 204. The second-order valence-electron chi connectivity index (χ2n) is 3.43. The minimum atomic E-state index is 0.0704. The predicted octanol–water partition coefficient (Wildman–Crippen LogP) is -0.213. The van der Waals surface area contributed by atoms with Crippen molar-refractivity contribution in [2.45, 2.75) is 19.8 Å². The Labute approximate surface area is 78.3 Å². The maximum absolute atomic E-state index is 11.1. The van der Waals surface area contributed by atoms with E-state index in [1.54, 1.807) is 6.92 Å². The molecule has 1 aliphatic heterocycles. The number of rotatable bonds is 3. The van der Waals surface area contributed by atoms with Crippen molar-refractivity contribution in [3.8, 4) is 0 Å². The zero-order valence-electron chi connectivity index (χ0n) is 8.01. The molecule has 1 rings (SSSR count). The Hall–Kier alpha value is -0.900. The van der Waals surface area contributed by atoms with E-state index in [1.165, 1.54) is 0 Å². The van der Waals surface area contributed by atoms with Crippen molar-refractivity contribution in [1.29, 1.82) is 0 Å². The zero-order valence-corrected chi connectivity index (χ0v) is 8.01. The van der Waals surface area contributed by atoms with E-state index in [-0.39, 0.29) is 11.7 Å². The minimum Gasteiger partial charge on any atom is -0.355 e. The highest BCUT2D eigenvalue weighted by molar-refractivity contribution is 5.78. The van der Waals surface area contributed by atoms with Crippen LogP contribution in [0.2, 0.25) is 0 Å². The number of hydrogen-bond donors (Lipinski definition) is 1. The summed E-state index contributed by atoms with van der Waals surface area (Å²) in [7, 11) is 0. The van der Waals surface area contributed by atoms with Crippen LogP contribution in [0.25, 0.3) is 0 Å². The standard InChI is InChI=1S/C9H16N2O2/c1-8(12)3-6-11-5-2-4-10-9(13)7-11/h2-7H2,1H3,(H,10,13). The highest BCUT2D eigenvalue weighted by Crippen LogP contribution is 1.97. The van der Waals surface area contributed by atoms with Crippen LogP contribution in [0.4, 0.5) is 0 Å². The molecule has 0 bridgehead atoms. The van der Waals surface area contributed by atoms with E-state index in [4.69, 9.17) is 0 Å². The lowest BCUT2D eigenvalue weighted by atomic mass is 10.3. The first-order valence-electron chi connectivity index (χ1n) is 4.67. The molecule has 0 unspecified atom stereocenters. The molecule has 0 saturated carbocycles. The third kappa shape index (κ3) is 4.03. The summed E-state index contributed by atoms with van der Waals surface area (Å²) in [6, 6.07) is 0. The topological polar surface area (TPSA) is 49.4 Å². The second kappa shape index (κ2) is 4.97. The molecular formula is C9H16N2O2. The van der Waals surface area contributed by atoms with Crippen LogP contribution in [0.3, 0.4) is 0 Å². The maximum Gasteiger partial charge on any atom is 0.234 e. The van der Waals surface area contributed by atoms with E-state index < -0.39 is 0 Å². The molecule has 0 aromatic heterocycles. The largest absolute Gasteiger partial charge is 0.355 e. The van der Waals surface area contributed by atoms with E-state index in [1.807, 2.05) is 4.90 Å². The second-order valence-corrected chi connectivity index (χ2v) is 3.43. The van der Waals surface area contributed by atoms with Crippen LogP contribution in [-0.4, -0.2) is 42.8 Å². The molecule has 4 heteroatoms. The number of amides is 1. The molecule has 0 spiro atoms. The molecule has 4 nitrogen and oxygen atoms in total. The van der Waals surface area contributed by atoms with Gasteiger partial charge in [-0.05, 0) is 13.3 Å². The van der Waals surface area contributed by atoms with Crippen LogP contribution in [0.15, 0.2) is 0 Å². The summed E-state index contributed by atoms with van der Waals surface area (Å²) in [6.45, 7) is 4.40. The van der Waals surface area contributed by atoms with Crippen molar-refractivity contribution in [3.05, 3.63) is 0 Å². The van der Waals surface area contributed by atoms with Gasteiger partial charge in [0.2, 0.25) is 5.91 Å². The van der Waals surface area contributed by atoms with E-state index in [0.717, 1.165) is 19.5 Å². The van der Waals surface area contributed by atoms with Gasteiger partial charge in [0.1, 0.15) is 5.78 Å². The number of carbonyl (C=O) groups is 2. The van der Waals surface area contributed by atoms with Crippen LogP contribution < -0.4 is 5.32 Å². The molecule has 1 N–H and O–H groups in total. The summed E-state index contributed by atoms with van der Waals surface area (Å²) in [5.41, 5.74) is 0. The first kappa shape index (κ1) is 10.2. The molecule has 0 aromatic carbocycles. The number of carbonyl (C=O) groups excluding carboxylic acids is 2. The fourth-order valence-corrected chi connectivity index (χ4v) is 1.37. The van der Waals surface area contributed by atoms with Gasteiger partial charge < -0.3 is 5.32 Å². The summed E-state index contributed by atoms with van der Waals surface area (Å²) in [4.78, 5) is 23.9. The summed E-state index contributed by atoms with van der Waals surface area (Å²) in [5, 5.41) is 2.80. The molecule has 1 amide bonds. The lowest BCUT2D eigenvalue weighted by Crippen LogP contribution is -2.34. The molecule has 0 aromatic rings.